The molecule has 0 saturated heterocycles. The van der Waals surface area contributed by atoms with Crippen LogP contribution in [-0.4, -0.2) is 75.5 Å². The molecule has 2 bridgehead atoms. The number of fused-ring (bicyclic) bond motifs is 2. The van der Waals surface area contributed by atoms with Crippen LogP contribution in [0.5, 0.6) is 0 Å². The summed E-state index contributed by atoms with van der Waals surface area (Å²) < 4.78 is 0. The third kappa shape index (κ3) is 8.57. The Morgan fingerprint density at radius 2 is 1.56 bits per heavy atom. The van der Waals surface area contributed by atoms with Gasteiger partial charge in [-0.15, -0.1) is 0 Å². The first-order valence-corrected chi connectivity index (χ1v) is 17.9. The summed E-state index contributed by atoms with van der Waals surface area (Å²) in [4.78, 5) is 88.2. The molecular weight excluding hydrogens is 614 g/mol. The molecule has 5 amide bonds. The summed E-state index contributed by atoms with van der Waals surface area (Å²) in [7, 11) is 0. The van der Waals surface area contributed by atoms with Crippen LogP contribution in [-0.2, 0) is 24.0 Å². The van der Waals surface area contributed by atoms with E-state index in [0.717, 1.165) is 64.2 Å². The van der Waals surface area contributed by atoms with E-state index in [-0.39, 0.29) is 47.2 Å². The van der Waals surface area contributed by atoms with E-state index in [4.69, 9.17) is 0 Å². The summed E-state index contributed by atoms with van der Waals surface area (Å²) in [6, 6.07) is -3.10. The Balaban J connectivity index is 1.26. The largest absolute Gasteiger partial charge is 0.350 e. The Morgan fingerprint density at radius 3 is 2.21 bits per heavy atom. The van der Waals surface area contributed by atoms with Crippen LogP contribution in [0.4, 0.5) is 0 Å². The van der Waals surface area contributed by atoms with E-state index in [2.05, 4.69) is 36.6 Å². The lowest BCUT2D eigenvalue weighted by molar-refractivity contribution is -0.141. The number of ketones is 1. The summed E-state index contributed by atoms with van der Waals surface area (Å²) >= 11 is 0. The van der Waals surface area contributed by atoms with Crippen LogP contribution in [0, 0.1) is 29.6 Å². The lowest BCUT2D eigenvalue weighted by Crippen LogP contribution is -2.60. The number of Topliss-reactive ketones (excluding diaryl/α,β-unsaturated/α-hetero) is 1. The Hall–Kier alpha value is -3.90. The summed E-state index contributed by atoms with van der Waals surface area (Å²) in [5, 5.41) is 14.5. The first kappa shape index (κ1) is 35.4. The van der Waals surface area contributed by atoms with E-state index < -0.39 is 53.6 Å². The molecule has 4 aliphatic rings. The van der Waals surface area contributed by atoms with Gasteiger partial charge in [-0.25, -0.2) is 4.98 Å². The van der Waals surface area contributed by atoms with Crippen molar-refractivity contribution in [1.82, 2.24) is 36.6 Å². The molecule has 4 fully saturated rings. The van der Waals surface area contributed by atoms with E-state index in [1.807, 2.05) is 20.8 Å². The zero-order valence-electron chi connectivity index (χ0n) is 28.3. The minimum atomic E-state index is -0.923. The minimum absolute atomic E-state index is 0.0337. The SMILES string of the molecule is CCCC(NC(=O)[C@@H]1[C@@H]2CC[C@@H](C2)[C@@H]1NC(=O)[C@@H](NC(=O)[C@@H](NC(=O)c1cnccn1)C1CCCCC1)C(C)C)C(=O)C(=O)NC1CC1. The summed E-state index contributed by atoms with van der Waals surface area (Å²) in [5.74, 6) is -3.70. The van der Waals surface area contributed by atoms with Crippen LogP contribution in [0.1, 0.15) is 108 Å². The van der Waals surface area contributed by atoms with Crippen LogP contribution in [0.2, 0.25) is 0 Å². The first-order chi connectivity index (χ1) is 23.1. The highest BCUT2D eigenvalue weighted by atomic mass is 16.2. The highest BCUT2D eigenvalue weighted by Crippen LogP contribution is 2.48. The van der Waals surface area contributed by atoms with Crippen LogP contribution in [0.15, 0.2) is 18.6 Å². The van der Waals surface area contributed by atoms with E-state index in [1.165, 1.54) is 18.6 Å². The van der Waals surface area contributed by atoms with Gasteiger partial charge in [0.05, 0.1) is 18.2 Å². The smallest absolute Gasteiger partial charge is 0.289 e. The number of hydrogen-bond donors (Lipinski definition) is 5. The maximum Gasteiger partial charge on any atom is 0.289 e. The van der Waals surface area contributed by atoms with E-state index in [0.29, 0.717) is 12.8 Å². The van der Waals surface area contributed by atoms with Crippen molar-refractivity contribution in [3.05, 3.63) is 24.3 Å². The van der Waals surface area contributed by atoms with Gasteiger partial charge in [0.15, 0.2) is 0 Å². The zero-order chi connectivity index (χ0) is 34.4. The lowest BCUT2D eigenvalue weighted by atomic mass is 9.82. The van der Waals surface area contributed by atoms with Crippen molar-refractivity contribution in [3.8, 4) is 0 Å². The fourth-order valence-electron chi connectivity index (χ4n) is 7.87. The summed E-state index contributed by atoms with van der Waals surface area (Å²) in [5.41, 5.74) is 0.108. The molecule has 1 aromatic heterocycles. The van der Waals surface area contributed by atoms with Crippen LogP contribution < -0.4 is 26.6 Å². The number of rotatable bonds is 15. The molecule has 0 spiro atoms. The maximum atomic E-state index is 13.9. The average Bonchev–Trinajstić information content (AvgIpc) is 3.66. The minimum Gasteiger partial charge on any atom is -0.350 e. The number of carbonyl (C=O) groups excluding carboxylic acids is 6. The molecule has 0 radical (unpaired) electrons. The molecule has 5 N–H and O–H groups in total. The van der Waals surface area contributed by atoms with Gasteiger partial charge in [0, 0.05) is 24.5 Å². The van der Waals surface area contributed by atoms with Gasteiger partial charge in [0.1, 0.15) is 17.8 Å². The van der Waals surface area contributed by atoms with Gasteiger partial charge in [-0.1, -0.05) is 46.5 Å². The Bertz CT molecular complexity index is 1350. The normalized spacial score (nSPS) is 25.4. The van der Waals surface area contributed by atoms with Crippen molar-refractivity contribution in [3.63, 3.8) is 0 Å². The van der Waals surface area contributed by atoms with Crippen molar-refractivity contribution in [1.29, 1.82) is 0 Å². The molecule has 1 aromatic rings. The first-order valence-electron chi connectivity index (χ1n) is 17.9. The van der Waals surface area contributed by atoms with Crippen molar-refractivity contribution < 1.29 is 28.8 Å². The molecule has 13 heteroatoms. The molecule has 262 valence electrons. The molecule has 0 aliphatic heterocycles. The molecular formula is C35H51N7O6. The van der Waals surface area contributed by atoms with Crippen LogP contribution >= 0.6 is 0 Å². The molecule has 0 aromatic carbocycles. The summed E-state index contributed by atoms with van der Waals surface area (Å²) in [6.45, 7) is 5.58. The number of carbonyl (C=O) groups is 6. The van der Waals surface area contributed by atoms with Gasteiger partial charge >= 0.3 is 0 Å². The van der Waals surface area contributed by atoms with Gasteiger partial charge in [-0.2, -0.15) is 0 Å². The fraction of sp³-hybridized carbons (Fsp3) is 0.714. The van der Waals surface area contributed by atoms with Gasteiger partial charge < -0.3 is 26.6 Å². The predicted molar refractivity (Wildman–Crippen MR) is 176 cm³/mol. The van der Waals surface area contributed by atoms with Crippen molar-refractivity contribution >= 4 is 35.3 Å². The van der Waals surface area contributed by atoms with E-state index >= 15 is 0 Å². The number of nitrogens with one attached hydrogen (secondary N) is 5. The van der Waals surface area contributed by atoms with Crippen LogP contribution in [0.3, 0.4) is 0 Å². The standard InChI is InChI=1S/C35H51N7O6/c1-4-8-24(30(43)35(48)38-23-13-14-23)39-32(45)26-21-11-12-22(17-21)28(26)41-33(46)27(19(2)3)40-34(47)29(20-9-6-5-7-10-20)42-31(44)25-18-36-15-16-37-25/h15-16,18-24,26-29H,4-14,17H2,1-3H3,(H,38,48)(H,39,45)(H,40,47)(H,41,46)(H,42,44)/t21-,22+,24?,26-,27+,28+,29+/m1/s1. The Kier molecular flexibility index (Phi) is 11.8. The second-order valence-corrected chi connectivity index (χ2v) is 14.5. The van der Waals surface area contributed by atoms with E-state index in [1.54, 1.807) is 0 Å². The number of aromatic nitrogens is 2. The quantitative estimate of drug-likeness (QED) is 0.176. The van der Waals surface area contributed by atoms with E-state index in [9.17, 15) is 28.8 Å². The van der Waals surface area contributed by atoms with Gasteiger partial charge in [-0.05, 0) is 75.0 Å². The highest BCUT2D eigenvalue weighted by molar-refractivity contribution is 6.38. The van der Waals surface area contributed by atoms with Gasteiger partial charge in [-0.3, -0.25) is 33.8 Å². The maximum absolute atomic E-state index is 13.9. The third-order valence-corrected chi connectivity index (χ3v) is 10.6. The fourth-order valence-corrected chi connectivity index (χ4v) is 7.87. The average molecular weight is 666 g/mol. The number of nitrogens with zero attached hydrogens (tertiary/aromatic N) is 2. The Labute approximate surface area is 282 Å². The van der Waals surface area contributed by atoms with Gasteiger partial charge in [0.2, 0.25) is 23.5 Å². The zero-order valence-corrected chi connectivity index (χ0v) is 28.3. The molecule has 5 rings (SSSR count). The molecule has 4 saturated carbocycles. The molecule has 13 nitrogen and oxygen atoms in total. The second-order valence-electron chi connectivity index (χ2n) is 14.5. The monoisotopic (exact) mass is 665 g/mol. The topological polar surface area (TPSA) is 188 Å². The summed E-state index contributed by atoms with van der Waals surface area (Å²) in [6.07, 6.45) is 13.9. The molecule has 1 heterocycles. The van der Waals surface area contributed by atoms with Crippen molar-refractivity contribution in [2.45, 2.75) is 128 Å². The van der Waals surface area contributed by atoms with Crippen LogP contribution in [0.25, 0.3) is 0 Å². The molecule has 1 unspecified atom stereocenters. The number of hydrogen-bond acceptors (Lipinski definition) is 8. The second kappa shape index (κ2) is 16.0. The third-order valence-electron chi connectivity index (χ3n) is 10.6. The molecule has 7 atom stereocenters. The van der Waals surface area contributed by atoms with Gasteiger partial charge in [0.25, 0.3) is 11.8 Å². The highest BCUT2D eigenvalue weighted by Gasteiger charge is 2.52. The molecule has 4 aliphatic carbocycles. The van der Waals surface area contributed by atoms with Crippen molar-refractivity contribution in [2.24, 2.45) is 29.6 Å². The predicted octanol–water partition coefficient (Wildman–Crippen LogP) is 1.96. The lowest BCUT2D eigenvalue weighted by Gasteiger charge is -2.35. The number of amides is 5. The Morgan fingerprint density at radius 1 is 0.833 bits per heavy atom. The van der Waals surface area contributed by atoms with Crippen molar-refractivity contribution in [2.75, 3.05) is 0 Å². The molecule has 48 heavy (non-hydrogen) atoms.